The van der Waals surface area contributed by atoms with Crippen LogP contribution in [0.3, 0.4) is 0 Å². The standard InChI is InChI=1S/C14H18N4O2/c1-10-15-14(16-20-10)12-4-3-6-18(12)9-11-5-7-17(2)13(19)8-11/h5,7-8,12H,3-4,6,9H2,1-2H3/t12-/m1/s1. The minimum atomic E-state index is 0.0219. The fourth-order valence-corrected chi connectivity index (χ4v) is 2.68. The summed E-state index contributed by atoms with van der Waals surface area (Å²) >= 11 is 0. The van der Waals surface area contributed by atoms with Crippen LogP contribution in [0.15, 0.2) is 27.6 Å². The number of likely N-dealkylation sites (tertiary alicyclic amines) is 1. The second-order valence-corrected chi connectivity index (χ2v) is 5.28. The molecule has 0 amide bonds. The van der Waals surface area contributed by atoms with Crippen LogP contribution in [0.5, 0.6) is 0 Å². The zero-order valence-electron chi connectivity index (χ0n) is 11.7. The summed E-state index contributed by atoms with van der Waals surface area (Å²) in [6.45, 7) is 3.54. The maximum atomic E-state index is 11.7. The third-order valence-electron chi connectivity index (χ3n) is 3.76. The number of pyridine rings is 1. The Morgan fingerprint density at radius 1 is 1.50 bits per heavy atom. The minimum Gasteiger partial charge on any atom is -0.340 e. The summed E-state index contributed by atoms with van der Waals surface area (Å²) < 4.78 is 6.65. The van der Waals surface area contributed by atoms with Gasteiger partial charge in [0.2, 0.25) is 5.89 Å². The highest BCUT2D eigenvalue weighted by molar-refractivity contribution is 5.12. The topological polar surface area (TPSA) is 64.2 Å². The molecule has 6 nitrogen and oxygen atoms in total. The van der Waals surface area contributed by atoms with E-state index in [-0.39, 0.29) is 11.6 Å². The van der Waals surface area contributed by atoms with Gasteiger partial charge in [-0.2, -0.15) is 4.98 Å². The summed E-state index contributed by atoms with van der Waals surface area (Å²) in [6.07, 6.45) is 3.95. The van der Waals surface area contributed by atoms with Gasteiger partial charge in [0, 0.05) is 32.8 Å². The molecule has 0 saturated carbocycles. The molecule has 1 aliphatic heterocycles. The fourth-order valence-electron chi connectivity index (χ4n) is 2.68. The Hall–Kier alpha value is -1.95. The molecule has 20 heavy (non-hydrogen) atoms. The van der Waals surface area contributed by atoms with E-state index in [0.717, 1.165) is 37.3 Å². The molecular formula is C14H18N4O2. The monoisotopic (exact) mass is 274 g/mol. The van der Waals surface area contributed by atoms with E-state index in [1.165, 1.54) is 0 Å². The average Bonchev–Trinajstić information content (AvgIpc) is 3.03. The molecule has 0 aliphatic carbocycles. The van der Waals surface area contributed by atoms with Crippen LogP contribution in [0.2, 0.25) is 0 Å². The van der Waals surface area contributed by atoms with Gasteiger partial charge < -0.3 is 9.09 Å². The van der Waals surface area contributed by atoms with Gasteiger partial charge in [0.25, 0.3) is 5.56 Å². The zero-order chi connectivity index (χ0) is 14.1. The Morgan fingerprint density at radius 2 is 2.35 bits per heavy atom. The summed E-state index contributed by atoms with van der Waals surface area (Å²) in [5, 5.41) is 4.03. The first kappa shape index (κ1) is 13.1. The first-order valence-electron chi connectivity index (χ1n) is 6.83. The van der Waals surface area contributed by atoms with Crippen LogP contribution in [0, 0.1) is 6.92 Å². The van der Waals surface area contributed by atoms with Crippen LogP contribution in [0.1, 0.15) is 36.2 Å². The minimum absolute atomic E-state index is 0.0219. The average molecular weight is 274 g/mol. The molecule has 3 heterocycles. The van der Waals surface area contributed by atoms with E-state index in [4.69, 9.17) is 4.52 Å². The first-order valence-corrected chi connectivity index (χ1v) is 6.83. The van der Waals surface area contributed by atoms with Crippen molar-refractivity contribution in [1.82, 2.24) is 19.6 Å². The van der Waals surface area contributed by atoms with Gasteiger partial charge >= 0.3 is 0 Å². The van der Waals surface area contributed by atoms with Gasteiger partial charge in [-0.15, -0.1) is 0 Å². The number of rotatable bonds is 3. The van der Waals surface area contributed by atoms with Gasteiger partial charge in [-0.3, -0.25) is 9.69 Å². The van der Waals surface area contributed by atoms with Crippen molar-refractivity contribution in [2.75, 3.05) is 6.54 Å². The number of hydrogen-bond donors (Lipinski definition) is 0. The molecule has 1 fully saturated rings. The van der Waals surface area contributed by atoms with E-state index in [2.05, 4.69) is 15.0 Å². The van der Waals surface area contributed by atoms with E-state index in [9.17, 15) is 4.79 Å². The maximum absolute atomic E-state index is 11.7. The molecule has 6 heteroatoms. The lowest BCUT2D eigenvalue weighted by Crippen LogP contribution is -2.25. The van der Waals surface area contributed by atoms with Crippen molar-refractivity contribution in [3.8, 4) is 0 Å². The molecule has 2 aromatic rings. The summed E-state index contributed by atoms with van der Waals surface area (Å²) in [5.41, 5.74) is 1.05. The lowest BCUT2D eigenvalue weighted by molar-refractivity contribution is 0.234. The molecule has 0 aromatic carbocycles. The maximum Gasteiger partial charge on any atom is 0.250 e. The van der Waals surface area contributed by atoms with E-state index in [1.54, 1.807) is 30.8 Å². The Balaban J connectivity index is 1.79. The Morgan fingerprint density at radius 3 is 3.05 bits per heavy atom. The smallest absolute Gasteiger partial charge is 0.250 e. The fraction of sp³-hybridized carbons (Fsp3) is 0.500. The molecule has 0 bridgehead atoms. The van der Waals surface area contributed by atoms with E-state index < -0.39 is 0 Å². The Bertz CT molecular complexity index is 661. The highest BCUT2D eigenvalue weighted by Crippen LogP contribution is 2.31. The Labute approximate surface area is 117 Å². The molecular weight excluding hydrogens is 256 g/mol. The molecule has 0 radical (unpaired) electrons. The molecule has 0 spiro atoms. The lowest BCUT2D eigenvalue weighted by atomic mass is 10.2. The molecule has 0 unspecified atom stereocenters. The van der Waals surface area contributed by atoms with Crippen molar-refractivity contribution in [2.45, 2.75) is 32.4 Å². The molecule has 2 aromatic heterocycles. The molecule has 1 aliphatic rings. The van der Waals surface area contributed by atoms with Gasteiger partial charge in [-0.25, -0.2) is 0 Å². The van der Waals surface area contributed by atoms with E-state index in [0.29, 0.717) is 5.89 Å². The molecule has 106 valence electrons. The molecule has 1 saturated heterocycles. The van der Waals surface area contributed by atoms with Crippen LogP contribution < -0.4 is 5.56 Å². The van der Waals surface area contributed by atoms with Crippen LogP contribution in [-0.2, 0) is 13.6 Å². The SMILES string of the molecule is Cc1nc([C@H]2CCCN2Cc2ccn(C)c(=O)c2)no1. The Kier molecular flexibility index (Phi) is 3.40. The van der Waals surface area contributed by atoms with Crippen LogP contribution >= 0.6 is 0 Å². The van der Waals surface area contributed by atoms with Crippen molar-refractivity contribution in [3.05, 3.63) is 46.0 Å². The highest BCUT2D eigenvalue weighted by Gasteiger charge is 2.29. The number of nitrogens with zero attached hydrogens (tertiary/aromatic N) is 4. The van der Waals surface area contributed by atoms with Gasteiger partial charge in [-0.05, 0) is 31.0 Å². The van der Waals surface area contributed by atoms with Crippen molar-refractivity contribution >= 4 is 0 Å². The molecule has 3 rings (SSSR count). The summed E-state index contributed by atoms with van der Waals surface area (Å²) in [6, 6.07) is 3.87. The van der Waals surface area contributed by atoms with Crippen LogP contribution in [-0.4, -0.2) is 26.2 Å². The zero-order valence-corrected chi connectivity index (χ0v) is 11.7. The largest absolute Gasteiger partial charge is 0.340 e. The van der Waals surface area contributed by atoms with Crippen LogP contribution in [0.4, 0.5) is 0 Å². The van der Waals surface area contributed by atoms with E-state index in [1.807, 2.05) is 6.07 Å². The molecule has 0 N–H and O–H groups in total. The quantitative estimate of drug-likeness (QED) is 0.847. The first-order chi connectivity index (χ1) is 9.63. The van der Waals surface area contributed by atoms with Gasteiger partial charge in [-0.1, -0.05) is 5.16 Å². The van der Waals surface area contributed by atoms with Gasteiger partial charge in [0.15, 0.2) is 5.82 Å². The summed E-state index contributed by atoms with van der Waals surface area (Å²) in [5.74, 6) is 1.35. The van der Waals surface area contributed by atoms with Crippen molar-refractivity contribution in [1.29, 1.82) is 0 Å². The third kappa shape index (κ3) is 2.51. The van der Waals surface area contributed by atoms with Crippen molar-refractivity contribution in [3.63, 3.8) is 0 Å². The van der Waals surface area contributed by atoms with Crippen molar-refractivity contribution < 1.29 is 4.52 Å². The predicted molar refractivity (Wildman–Crippen MR) is 73.1 cm³/mol. The number of hydrogen-bond acceptors (Lipinski definition) is 5. The summed E-state index contributed by atoms with van der Waals surface area (Å²) in [7, 11) is 1.76. The second kappa shape index (κ2) is 5.20. The third-order valence-corrected chi connectivity index (χ3v) is 3.76. The summed E-state index contributed by atoms with van der Waals surface area (Å²) in [4.78, 5) is 18.3. The normalized spacial score (nSPS) is 19.6. The van der Waals surface area contributed by atoms with Crippen molar-refractivity contribution in [2.24, 2.45) is 7.05 Å². The second-order valence-electron chi connectivity index (χ2n) is 5.28. The van der Waals surface area contributed by atoms with Gasteiger partial charge in [0.1, 0.15) is 0 Å². The number of aryl methyl sites for hydroxylation is 2. The lowest BCUT2D eigenvalue weighted by Gasteiger charge is -2.21. The molecule has 1 atom stereocenters. The highest BCUT2D eigenvalue weighted by atomic mass is 16.5. The van der Waals surface area contributed by atoms with Gasteiger partial charge in [0.05, 0.1) is 6.04 Å². The predicted octanol–water partition coefficient (Wildman–Crippen LogP) is 1.41. The van der Waals surface area contributed by atoms with E-state index >= 15 is 0 Å². The number of aromatic nitrogens is 3. The van der Waals surface area contributed by atoms with Crippen LogP contribution in [0.25, 0.3) is 0 Å².